The standard InChI is InChI=1S/C22H32N2O6S/c25-21(17-30-22(26)8-4-7-18-5-2-1-3-6-18)23-19-9-11-20(12-10-19)31(27,28)24-13-15-29-16-14-24/h9-12,18H,1-8,13-17H2,(H,23,25). The van der Waals surface area contributed by atoms with Crippen LogP contribution in [0, 0.1) is 5.92 Å². The van der Waals surface area contributed by atoms with Crippen molar-refractivity contribution in [3.05, 3.63) is 24.3 Å². The number of morpholine rings is 1. The number of hydrogen-bond acceptors (Lipinski definition) is 6. The summed E-state index contributed by atoms with van der Waals surface area (Å²) in [7, 11) is -3.57. The second-order valence-electron chi connectivity index (χ2n) is 8.15. The van der Waals surface area contributed by atoms with Gasteiger partial charge in [0.2, 0.25) is 10.0 Å². The van der Waals surface area contributed by atoms with E-state index in [0.717, 1.165) is 18.8 Å². The monoisotopic (exact) mass is 452 g/mol. The number of esters is 1. The van der Waals surface area contributed by atoms with Crippen LogP contribution in [0.2, 0.25) is 0 Å². The van der Waals surface area contributed by atoms with E-state index in [-0.39, 0.29) is 17.5 Å². The Balaban J connectivity index is 1.38. The Bertz CT molecular complexity index is 828. The lowest BCUT2D eigenvalue weighted by atomic mass is 9.86. The van der Waals surface area contributed by atoms with E-state index in [1.165, 1.54) is 60.7 Å². The van der Waals surface area contributed by atoms with Gasteiger partial charge in [-0.1, -0.05) is 32.1 Å². The first-order chi connectivity index (χ1) is 14.9. The number of rotatable bonds is 9. The summed E-state index contributed by atoms with van der Waals surface area (Å²) in [6, 6.07) is 5.96. The van der Waals surface area contributed by atoms with E-state index in [0.29, 0.717) is 38.4 Å². The second kappa shape index (κ2) is 11.6. The third kappa shape index (κ3) is 7.29. The Morgan fingerprint density at radius 3 is 2.42 bits per heavy atom. The molecule has 1 saturated heterocycles. The molecule has 8 nitrogen and oxygen atoms in total. The number of nitrogens with one attached hydrogen (secondary N) is 1. The smallest absolute Gasteiger partial charge is 0.306 e. The summed E-state index contributed by atoms with van der Waals surface area (Å²) in [6.07, 6.45) is 8.57. The van der Waals surface area contributed by atoms with Crippen LogP contribution in [0.4, 0.5) is 5.69 Å². The summed E-state index contributed by atoms with van der Waals surface area (Å²) < 4.78 is 36.9. The highest BCUT2D eigenvalue weighted by atomic mass is 32.2. The minimum Gasteiger partial charge on any atom is -0.456 e. The number of ether oxygens (including phenoxy) is 2. The van der Waals surface area contributed by atoms with Gasteiger partial charge >= 0.3 is 5.97 Å². The molecule has 0 aromatic heterocycles. The molecular weight excluding hydrogens is 420 g/mol. The van der Waals surface area contributed by atoms with E-state index in [1.807, 2.05) is 0 Å². The van der Waals surface area contributed by atoms with E-state index < -0.39 is 15.9 Å². The molecule has 1 saturated carbocycles. The van der Waals surface area contributed by atoms with Gasteiger partial charge in [-0.15, -0.1) is 0 Å². The summed E-state index contributed by atoms with van der Waals surface area (Å²) in [5.74, 6) is -0.0952. The average Bonchev–Trinajstić information content (AvgIpc) is 2.79. The zero-order chi connectivity index (χ0) is 22.1. The Kier molecular flexibility index (Phi) is 8.86. The first-order valence-corrected chi connectivity index (χ1v) is 12.5. The van der Waals surface area contributed by atoms with Crippen LogP contribution in [0.3, 0.4) is 0 Å². The Labute approximate surface area is 184 Å². The molecule has 2 fully saturated rings. The number of sulfonamides is 1. The van der Waals surface area contributed by atoms with Crippen molar-refractivity contribution in [2.75, 3.05) is 38.2 Å². The second-order valence-corrected chi connectivity index (χ2v) is 10.1. The highest BCUT2D eigenvalue weighted by Crippen LogP contribution is 2.27. The van der Waals surface area contributed by atoms with Crippen molar-refractivity contribution >= 4 is 27.6 Å². The SMILES string of the molecule is O=C(COC(=O)CCCC1CCCCC1)Nc1ccc(S(=O)(=O)N2CCOCC2)cc1. The first kappa shape index (κ1) is 23.7. The Hall–Kier alpha value is -1.97. The highest BCUT2D eigenvalue weighted by Gasteiger charge is 2.26. The zero-order valence-electron chi connectivity index (χ0n) is 17.9. The molecule has 0 radical (unpaired) electrons. The van der Waals surface area contributed by atoms with Gasteiger partial charge < -0.3 is 14.8 Å². The number of carbonyl (C=O) groups excluding carboxylic acids is 2. The van der Waals surface area contributed by atoms with Gasteiger partial charge in [0.15, 0.2) is 6.61 Å². The number of hydrogen-bond donors (Lipinski definition) is 1. The summed E-state index contributed by atoms with van der Waals surface area (Å²) in [4.78, 5) is 24.1. The molecule has 1 N–H and O–H groups in total. The lowest BCUT2D eigenvalue weighted by Gasteiger charge is -2.26. The molecule has 0 unspecified atom stereocenters. The third-order valence-corrected chi connectivity index (χ3v) is 7.74. The summed E-state index contributed by atoms with van der Waals surface area (Å²) in [6.45, 7) is 1.06. The molecule has 31 heavy (non-hydrogen) atoms. The van der Waals surface area contributed by atoms with Crippen LogP contribution in [0.25, 0.3) is 0 Å². The lowest BCUT2D eigenvalue weighted by Crippen LogP contribution is -2.40. The van der Waals surface area contributed by atoms with Crippen LogP contribution in [-0.2, 0) is 29.1 Å². The van der Waals surface area contributed by atoms with E-state index in [9.17, 15) is 18.0 Å². The van der Waals surface area contributed by atoms with Crippen molar-refractivity contribution in [1.29, 1.82) is 0 Å². The van der Waals surface area contributed by atoms with Crippen LogP contribution in [0.5, 0.6) is 0 Å². The van der Waals surface area contributed by atoms with Gasteiger partial charge in [-0.3, -0.25) is 9.59 Å². The van der Waals surface area contributed by atoms with Crippen molar-refractivity contribution in [1.82, 2.24) is 4.31 Å². The van der Waals surface area contributed by atoms with E-state index in [4.69, 9.17) is 9.47 Å². The van der Waals surface area contributed by atoms with Crippen molar-refractivity contribution < 1.29 is 27.5 Å². The molecule has 2 aliphatic rings. The number of nitrogens with zero attached hydrogens (tertiary/aromatic N) is 1. The van der Waals surface area contributed by atoms with Crippen molar-refractivity contribution in [3.8, 4) is 0 Å². The van der Waals surface area contributed by atoms with Crippen LogP contribution in [-0.4, -0.2) is 57.5 Å². The topological polar surface area (TPSA) is 102 Å². The van der Waals surface area contributed by atoms with Gasteiger partial charge in [0.05, 0.1) is 18.1 Å². The fourth-order valence-electron chi connectivity index (χ4n) is 4.07. The molecule has 0 spiro atoms. The fraction of sp³-hybridized carbons (Fsp3) is 0.636. The van der Waals surface area contributed by atoms with Crippen molar-refractivity contribution in [3.63, 3.8) is 0 Å². The first-order valence-electron chi connectivity index (χ1n) is 11.1. The van der Waals surface area contributed by atoms with E-state index in [2.05, 4.69) is 5.32 Å². The Morgan fingerprint density at radius 1 is 1.06 bits per heavy atom. The Morgan fingerprint density at radius 2 is 1.74 bits per heavy atom. The molecular formula is C22H32N2O6S. The molecule has 1 aliphatic heterocycles. The maximum Gasteiger partial charge on any atom is 0.306 e. The van der Waals surface area contributed by atoms with E-state index >= 15 is 0 Å². The lowest BCUT2D eigenvalue weighted by molar-refractivity contribution is -0.147. The van der Waals surface area contributed by atoms with Gasteiger partial charge in [0.25, 0.3) is 5.91 Å². The number of anilines is 1. The largest absolute Gasteiger partial charge is 0.456 e. The molecule has 0 bridgehead atoms. The fourth-order valence-corrected chi connectivity index (χ4v) is 5.48. The minimum absolute atomic E-state index is 0.164. The van der Waals surface area contributed by atoms with Gasteiger partial charge in [0.1, 0.15) is 0 Å². The van der Waals surface area contributed by atoms with Gasteiger partial charge in [-0.2, -0.15) is 4.31 Å². The summed E-state index contributed by atoms with van der Waals surface area (Å²) >= 11 is 0. The minimum atomic E-state index is -3.57. The zero-order valence-corrected chi connectivity index (χ0v) is 18.7. The van der Waals surface area contributed by atoms with Crippen LogP contribution >= 0.6 is 0 Å². The van der Waals surface area contributed by atoms with Crippen molar-refractivity contribution in [2.24, 2.45) is 5.92 Å². The summed E-state index contributed by atoms with van der Waals surface area (Å²) in [5, 5.41) is 2.62. The normalized spacial score (nSPS) is 18.5. The van der Waals surface area contributed by atoms with Gasteiger partial charge in [-0.25, -0.2) is 8.42 Å². The molecule has 9 heteroatoms. The highest BCUT2D eigenvalue weighted by molar-refractivity contribution is 7.89. The average molecular weight is 453 g/mol. The van der Waals surface area contributed by atoms with Crippen LogP contribution < -0.4 is 5.32 Å². The maximum atomic E-state index is 12.6. The predicted molar refractivity (Wildman–Crippen MR) is 116 cm³/mol. The van der Waals surface area contributed by atoms with Gasteiger partial charge in [0, 0.05) is 25.2 Å². The molecule has 3 rings (SSSR count). The van der Waals surface area contributed by atoms with E-state index in [1.54, 1.807) is 0 Å². The maximum absolute atomic E-state index is 12.6. The van der Waals surface area contributed by atoms with Crippen molar-refractivity contribution in [2.45, 2.75) is 56.3 Å². The number of carbonyl (C=O) groups is 2. The van der Waals surface area contributed by atoms with Crippen LogP contribution in [0.15, 0.2) is 29.2 Å². The molecule has 1 amide bonds. The molecule has 1 heterocycles. The van der Waals surface area contributed by atoms with Gasteiger partial charge in [-0.05, 0) is 43.0 Å². The molecule has 1 aromatic rings. The molecule has 1 aliphatic carbocycles. The predicted octanol–water partition coefficient (Wildman–Crippen LogP) is 2.94. The molecule has 172 valence electrons. The third-order valence-electron chi connectivity index (χ3n) is 5.83. The van der Waals surface area contributed by atoms with Crippen LogP contribution in [0.1, 0.15) is 51.4 Å². The molecule has 1 aromatic carbocycles. The number of benzene rings is 1. The summed E-state index contributed by atoms with van der Waals surface area (Å²) in [5.41, 5.74) is 0.444. The molecule has 0 atom stereocenters. The number of amides is 1. The quantitative estimate of drug-likeness (QED) is 0.578.